The van der Waals surface area contributed by atoms with E-state index in [4.69, 9.17) is 24.7 Å². The standard InChI is InChI=1S/C25H30N2O4/c1-28-21-7-3-5-19(15-21)10-12-30-13-14-31-18-25-23(24(26)9-11-27-25)17-20-6-4-8-22(16-20)29-2/h3-9,11,15-16H,10,12-14,17-18H2,1-2H3,(H2,26,27). The Morgan fingerprint density at radius 3 is 2.23 bits per heavy atom. The van der Waals surface area contributed by atoms with Crippen molar-refractivity contribution >= 4 is 5.69 Å². The molecule has 0 radical (unpaired) electrons. The topological polar surface area (TPSA) is 75.8 Å². The molecule has 0 fully saturated rings. The second-order valence-corrected chi connectivity index (χ2v) is 7.12. The van der Waals surface area contributed by atoms with E-state index in [-0.39, 0.29) is 0 Å². The lowest BCUT2D eigenvalue weighted by Gasteiger charge is -2.13. The van der Waals surface area contributed by atoms with Gasteiger partial charge in [0, 0.05) is 23.9 Å². The van der Waals surface area contributed by atoms with Gasteiger partial charge in [-0.3, -0.25) is 4.98 Å². The van der Waals surface area contributed by atoms with Crippen molar-refractivity contribution in [2.24, 2.45) is 0 Å². The molecule has 164 valence electrons. The Labute approximate surface area is 183 Å². The molecule has 1 heterocycles. The number of pyridine rings is 1. The Bertz CT molecular complexity index is 962. The Balaban J connectivity index is 1.44. The third-order valence-electron chi connectivity index (χ3n) is 4.98. The van der Waals surface area contributed by atoms with Crippen molar-refractivity contribution in [1.29, 1.82) is 0 Å². The number of rotatable bonds is 12. The molecule has 0 saturated carbocycles. The minimum atomic E-state index is 0.392. The summed E-state index contributed by atoms with van der Waals surface area (Å²) in [5.74, 6) is 1.68. The van der Waals surface area contributed by atoms with Gasteiger partial charge in [0.2, 0.25) is 0 Å². The Morgan fingerprint density at radius 2 is 1.48 bits per heavy atom. The van der Waals surface area contributed by atoms with Crippen molar-refractivity contribution in [1.82, 2.24) is 4.98 Å². The summed E-state index contributed by atoms with van der Waals surface area (Å²) < 4.78 is 22.1. The average molecular weight is 423 g/mol. The molecule has 0 unspecified atom stereocenters. The molecular formula is C25H30N2O4. The molecule has 0 aliphatic carbocycles. The SMILES string of the molecule is COc1cccc(CCOCCOCc2nccc(N)c2Cc2cccc(OC)c2)c1. The second kappa shape index (κ2) is 11.9. The summed E-state index contributed by atoms with van der Waals surface area (Å²) in [5.41, 5.74) is 11.1. The van der Waals surface area contributed by atoms with Gasteiger partial charge >= 0.3 is 0 Å². The number of nitrogens with two attached hydrogens (primary N) is 1. The first-order valence-electron chi connectivity index (χ1n) is 10.3. The zero-order valence-electron chi connectivity index (χ0n) is 18.2. The molecule has 3 rings (SSSR count). The number of hydrogen-bond acceptors (Lipinski definition) is 6. The molecule has 3 aromatic rings. The van der Waals surface area contributed by atoms with Crippen LogP contribution in [-0.4, -0.2) is 39.0 Å². The van der Waals surface area contributed by atoms with E-state index in [1.807, 2.05) is 42.5 Å². The number of benzene rings is 2. The molecule has 0 saturated heterocycles. The van der Waals surface area contributed by atoms with Gasteiger partial charge in [-0.1, -0.05) is 24.3 Å². The van der Waals surface area contributed by atoms with E-state index >= 15 is 0 Å². The van der Waals surface area contributed by atoms with Gasteiger partial charge in [-0.25, -0.2) is 0 Å². The van der Waals surface area contributed by atoms with Crippen molar-refractivity contribution in [3.63, 3.8) is 0 Å². The number of anilines is 1. The minimum Gasteiger partial charge on any atom is -0.497 e. The lowest BCUT2D eigenvalue weighted by molar-refractivity contribution is 0.0403. The van der Waals surface area contributed by atoms with Crippen molar-refractivity contribution in [3.8, 4) is 11.5 Å². The third kappa shape index (κ3) is 6.98. The largest absolute Gasteiger partial charge is 0.497 e. The lowest BCUT2D eigenvalue weighted by atomic mass is 10.0. The summed E-state index contributed by atoms with van der Waals surface area (Å²) in [5, 5.41) is 0. The van der Waals surface area contributed by atoms with Crippen LogP contribution < -0.4 is 15.2 Å². The molecule has 6 heteroatoms. The average Bonchev–Trinajstić information content (AvgIpc) is 2.80. The molecule has 6 nitrogen and oxygen atoms in total. The summed E-state index contributed by atoms with van der Waals surface area (Å²) in [6.45, 7) is 2.04. The molecule has 1 aromatic heterocycles. The summed E-state index contributed by atoms with van der Waals surface area (Å²) in [6, 6.07) is 17.8. The molecule has 0 amide bonds. The molecule has 2 N–H and O–H groups in total. The van der Waals surface area contributed by atoms with E-state index in [0.29, 0.717) is 38.5 Å². The summed E-state index contributed by atoms with van der Waals surface area (Å²) in [6.07, 6.45) is 3.22. The highest BCUT2D eigenvalue weighted by Crippen LogP contribution is 2.22. The van der Waals surface area contributed by atoms with E-state index in [1.54, 1.807) is 20.4 Å². The lowest BCUT2D eigenvalue weighted by Crippen LogP contribution is -2.10. The highest BCUT2D eigenvalue weighted by atomic mass is 16.5. The van der Waals surface area contributed by atoms with Crippen LogP contribution in [0.3, 0.4) is 0 Å². The van der Waals surface area contributed by atoms with Crippen LogP contribution in [-0.2, 0) is 28.9 Å². The smallest absolute Gasteiger partial charge is 0.119 e. The minimum absolute atomic E-state index is 0.392. The van der Waals surface area contributed by atoms with E-state index in [0.717, 1.165) is 34.7 Å². The molecule has 0 atom stereocenters. The molecular weight excluding hydrogens is 392 g/mol. The van der Waals surface area contributed by atoms with Crippen LogP contribution in [0.1, 0.15) is 22.4 Å². The maximum atomic E-state index is 6.23. The molecule has 0 bridgehead atoms. The molecule has 31 heavy (non-hydrogen) atoms. The Kier molecular flexibility index (Phi) is 8.70. The van der Waals surface area contributed by atoms with E-state index in [2.05, 4.69) is 17.1 Å². The third-order valence-corrected chi connectivity index (χ3v) is 4.98. The highest BCUT2D eigenvalue weighted by molar-refractivity contribution is 5.50. The van der Waals surface area contributed by atoms with Gasteiger partial charge < -0.3 is 24.7 Å². The van der Waals surface area contributed by atoms with Gasteiger partial charge in [-0.15, -0.1) is 0 Å². The predicted octanol–water partition coefficient (Wildman–Crippen LogP) is 4.05. The monoisotopic (exact) mass is 422 g/mol. The van der Waals surface area contributed by atoms with Crippen molar-refractivity contribution in [3.05, 3.63) is 83.2 Å². The quantitative estimate of drug-likeness (QED) is 0.444. The fourth-order valence-corrected chi connectivity index (χ4v) is 3.27. The van der Waals surface area contributed by atoms with Crippen LogP contribution in [0.25, 0.3) is 0 Å². The van der Waals surface area contributed by atoms with Gasteiger partial charge in [0.05, 0.1) is 46.3 Å². The summed E-state index contributed by atoms with van der Waals surface area (Å²) in [7, 11) is 3.33. The Hall–Kier alpha value is -3.09. The van der Waals surface area contributed by atoms with E-state index in [9.17, 15) is 0 Å². The van der Waals surface area contributed by atoms with Gasteiger partial charge in [-0.2, -0.15) is 0 Å². The fourth-order valence-electron chi connectivity index (χ4n) is 3.27. The maximum Gasteiger partial charge on any atom is 0.119 e. The van der Waals surface area contributed by atoms with Crippen LogP contribution in [0.15, 0.2) is 60.8 Å². The normalized spacial score (nSPS) is 10.8. The number of nitrogens with zero attached hydrogens (tertiary/aromatic N) is 1. The Morgan fingerprint density at radius 1 is 0.806 bits per heavy atom. The first-order valence-corrected chi connectivity index (χ1v) is 10.3. The van der Waals surface area contributed by atoms with Crippen molar-refractivity contribution < 1.29 is 18.9 Å². The van der Waals surface area contributed by atoms with E-state index in [1.165, 1.54) is 5.56 Å². The molecule has 0 spiro atoms. The maximum absolute atomic E-state index is 6.23. The molecule has 2 aromatic carbocycles. The second-order valence-electron chi connectivity index (χ2n) is 7.12. The van der Waals surface area contributed by atoms with Gasteiger partial charge in [0.25, 0.3) is 0 Å². The van der Waals surface area contributed by atoms with Crippen LogP contribution in [0, 0.1) is 0 Å². The predicted molar refractivity (Wildman–Crippen MR) is 122 cm³/mol. The van der Waals surface area contributed by atoms with Crippen molar-refractivity contribution in [2.75, 3.05) is 39.8 Å². The van der Waals surface area contributed by atoms with Crippen LogP contribution in [0.2, 0.25) is 0 Å². The highest BCUT2D eigenvalue weighted by Gasteiger charge is 2.10. The number of ether oxygens (including phenoxy) is 4. The first kappa shape index (κ1) is 22.6. The fraction of sp³-hybridized carbons (Fsp3) is 0.320. The number of hydrogen-bond donors (Lipinski definition) is 1. The molecule has 0 aliphatic heterocycles. The summed E-state index contributed by atoms with van der Waals surface area (Å²) in [4.78, 5) is 4.48. The number of nitrogen functional groups attached to an aromatic ring is 1. The van der Waals surface area contributed by atoms with Gasteiger partial charge in [0.15, 0.2) is 0 Å². The van der Waals surface area contributed by atoms with Gasteiger partial charge in [-0.05, 0) is 47.9 Å². The number of methoxy groups -OCH3 is 2. The van der Waals surface area contributed by atoms with Crippen LogP contribution in [0.4, 0.5) is 5.69 Å². The molecule has 0 aliphatic rings. The first-order chi connectivity index (χ1) is 15.2. The van der Waals surface area contributed by atoms with E-state index < -0.39 is 0 Å². The van der Waals surface area contributed by atoms with Crippen LogP contribution in [0.5, 0.6) is 11.5 Å². The van der Waals surface area contributed by atoms with Crippen LogP contribution >= 0.6 is 0 Å². The zero-order chi connectivity index (χ0) is 21.9. The van der Waals surface area contributed by atoms with Crippen molar-refractivity contribution in [2.45, 2.75) is 19.4 Å². The van der Waals surface area contributed by atoms with Gasteiger partial charge in [0.1, 0.15) is 11.5 Å². The number of aromatic nitrogens is 1. The summed E-state index contributed by atoms with van der Waals surface area (Å²) >= 11 is 0. The zero-order valence-corrected chi connectivity index (χ0v) is 18.2.